The van der Waals surface area contributed by atoms with E-state index in [9.17, 15) is 4.55 Å². The number of hydrogen-bond acceptors (Lipinski definition) is 2. The number of nitrogens with two attached hydrogens (primary N) is 1. The van der Waals surface area contributed by atoms with Gasteiger partial charge in [0.25, 0.3) is 0 Å². The lowest BCUT2D eigenvalue weighted by Gasteiger charge is -2.04. The van der Waals surface area contributed by atoms with Gasteiger partial charge in [-0.25, -0.2) is 0 Å². The molecule has 1 atom stereocenters. The second-order valence-electron chi connectivity index (χ2n) is 2.31. The Morgan fingerprint density at radius 2 is 2.27 bits per heavy atom. The van der Waals surface area contributed by atoms with Crippen LogP contribution in [-0.2, 0) is 17.7 Å². The van der Waals surface area contributed by atoms with Crippen molar-refractivity contribution in [2.24, 2.45) is 5.73 Å². The Bertz CT molecular complexity index is 237. The van der Waals surface area contributed by atoms with Crippen molar-refractivity contribution in [1.82, 2.24) is 0 Å². The van der Waals surface area contributed by atoms with E-state index in [1.807, 2.05) is 24.3 Å². The first-order chi connectivity index (χ1) is 5.24. The summed E-state index contributed by atoms with van der Waals surface area (Å²) in [4.78, 5) is 0.841. The van der Waals surface area contributed by atoms with Crippen LogP contribution in [-0.4, -0.2) is 10.8 Å². The van der Waals surface area contributed by atoms with E-state index in [1.165, 1.54) is 0 Å². The molecule has 1 aromatic rings. The van der Waals surface area contributed by atoms with Gasteiger partial charge in [-0.2, -0.15) is 0 Å². The fourth-order valence-electron chi connectivity index (χ4n) is 0.851. The molecule has 3 heteroatoms. The van der Waals surface area contributed by atoms with Gasteiger partial charge in [0.15, 0.2) is 4.90 Å². The summed E-state index contributed by atoms with van der Waals surface area (Å²) in [7, 11) is 0. The van der Waals surface area contributed by atoms with E-state index in [1.54, 1.807) is 6.26 Å². The van der Waals surface area contributed by atoms with Crippen molar-refractivity contribution in [2.75, 3.05) is 6.26 Å². The molecule has 11 heavy (non-hydrogen) atoms. The van der Waals surface area contributed by atoms with Crippen LogP contribution in [0.2, 0.25) is 0 Å². The molecular formula is C8H11NOS. The van der Waals surface area contributed by atoms with Crippen molar-refractivity contribution in [3.05, 3.63) is 29.8 Å². The zero-order chi connectivity index (χ0) is 8.27. The molecular weight excluding hydrogens is 158 g/mol. The van der Waals surface area contributed by atoms with Gasteiger partial charge in [-0.1, -0.05) is 12.1 Å². The van der Waals surface area contributed by atoms with Gasteiger partial charge in [-0.3, -0.25) is 0 Å². The van der Waals surface area contributed by atoms with E-state index in [4.69, 9.17) is 5.73 Å². The van der Waals surface area contributed by atoms with Crippen molar-refractivity contribution in [3.8, 4) is 0 Å². The molecule has 2 N–H and O–H groups in total. The molecule has 60 valence electrons. The van der Waals surface area contributed by atoms with Crippen LogP contribution in [0.1, 0.15) is 5.56 Å². The monoisotopic (exact) mass is 169 g/mol. The molecule has 1 unspecified atom stereocenters. The zero-order valence-electron chi connectivity index (χ0n) is 6.41. The van der Waals surface area contributed by atoms with Gasteiger partial charge in [0.05, 0.1) is 0 Å². The molecule has 0 radical (unpaired) electrons. The third-order valence-corrected chi connectivity index (χ3v) is 2.38. The average Bonchev–Trinajstić information content (AvgIpc) is 2.05. The summed E-state index contributed by atoms with van der Waals surface area (Å²) in [6, 6.07) is 7.51. The molecule has 0 spiro atoms. The smallest absolute Gasteiger partial charge is 0.152 e. The number of rotatable bonds is 2. The topological polar surface area (TPSA) is 49.1 Å². The molecule has 1 rings (SSSR count). The predicted octanol–water partition coefficient (Wildman–Crippen LogP) is 0.883. The minimum absolute atomic E-state index is 0.505. The number of hydrogen-bond donors (Lipinski definition) is 1. The summed E-state index contributed by atoms with van der Waals surface area (Å²) in [5.41, 5.74) is 6.45. The summed E-state index contributed by atoms with van der Waals surface area (Å²) in [6.07, 6.45) is 1.66. The minimum atomic E-state index is -0.896. The maximum Gasteiger partial charge on any atom is 0.152 e. The highest BCUT2D eigenvalue weighted by Crippen LogP contribution is 2.10. The van der Waals surface area contributed by atoms with Crippen LogP contribution < -0.4 is 5.73 Å². The van der Waals surface area contributed by atoms with Gasteiger partial charge in [0.2, 0.25) is 0 Å². The highest BCUT2D eigenvalue weighted by molar-refractivity contribution is 7.90. The van der Waals surface area contributed by atoms with E-state index in [-0.39, 0.29) is 0 Å². The lowest BCUT2D eigenvalue weighted by atomic mass is 10.2. The van der Waals surface area contributed by atoms with E-state index in [2.05, 4.69) is 0 Å². The molecule has 0 aromatic heterocycles. The van der Waals surface area contributed by atoms with Gasteiger partial charge in [-0.05, 0) is 28.9 Å². The fourth-order valence-corrected chi connectivity index (χ4v) is 1.44. The van der Waals surface area contributed by atoms with Gasteiger partial charge < -0.3 is 10.3 Å². The van der Waals surface area contributed by atoms with Crippen molar-refractivity contribution < 1.29 is 4.55 Å². The molecule has 2 nitrogen and oxygen atoms in total. The molecule has 0 bridgehead atoms. The first kappa shape index (κ1) is 8.59. The Morgan fingerprint density at radius 3 is 2.82 bits per heavy atom. The van der Waals surface area contributed by atoms with Crippen LogP contribution in [0.5, 0.6) is 0 Å². The average molecular weight is 169 g/mol. The Kier molecular flexibility index (Phi) is 2.93. The SMILES string of the molecule is C[S+]([O-])c1cccc(CN)c1. The van der Waals surface area contributed by atoms with Crippen LogP contribution in [0.4, 0.5) is 0 Å². The molecule has 0 saturated heterocycles. The molecule has 0 amide bonds. The molecule has 0 heterocycles. The third-order valence-electron chi connectivity index (χ3n) is 1.47. The van der Waals surface area contributed by atoms with Crippen LogP contribution in [0.15, 0.2) is 29.2 Å². The molecule has 0 fully saturated rings. The van der Waals surface area contributed by atoms with Gasteiger partial charge in [0.1, 0.15) is 6.26 Å². The third kappa shape index (κ3) is 2.22. The number of benzene rings is 1. The second-order valence-corrected chi connectivity index (χ2v) is 3.69. The quantitative estimate of drug-likeness (QED) is 0.668. The first-order valence-electron chi connectivity index (χ1n) is 3.36. The van der Waals surface area contributed by atoms with Crippen LogP contribution in [0.3, 0.4) is 0 Å². The maximum atomic E-state index is 11.0. The molecule has 0 aliphatic heterocycles. The standard InChI is InChI=1S/C8H11NOS/c1-11(10)8-4-2-3-7(5-8)6-9/h2-5H,6,9H2,1H3. The Morgan fingerprint density at radius 1 is 1.55 bits per heavy atom. The lowest BCUT2D eigenvalue weighted by Crippen LogP contribution is -2.00. The van der Waals surface area contributed by atoms with Crippen LogP contribution >= 0.6 is 0 Å². The predicted molar refractivity (Wildman–Crippen MR) is 46.7 cm³/mol. The van der Waals surface area contributed by atoms with Crippen molar-refractivity contribution in [1.29, 1.82) is 0 Å². The van der Waals surface area contributed by atoms with Crippen molar-refractivity contribution in [2.45, 2.75) is 11.4 Å². The van der Waals surface area contributed by atoms with E-state index in [0.29, 0.717) is 6.54 Å². The first-order valence-corrected chi connectivity index (χ1v) is 4.92. The summed E-state index contributed by atoms with van der Waals surface area (Å²) >= 11 is -0.896. The fraction of sp³-hybridized carbons (Fsp3) is 0.250. The lowest BCUT2D eigenvalue weighted by molar-refractivity contribution is 0.600. The van der Waals surface area contributed by atoms with Crippen LogP contribution in [0.25, 0.3) is 0 Å². The van der Waals surface area contributed by atoms with Crippen molar-refractivity contribution in [3.63, 3.8) is 0 Å². The Hall–Kier alpha value is -0.510. The summed E-state index contributed by atoms with van der Waals surface area (Å²) in [6.45, 7) is 0.505. The highest BCUT2D eigenvalue weighted by Gasteiger charge is 2.02. The van der Waals surface area contributed by atoms with E-state index in [0.717, 1.165) is 10.5 Å². The summed E-state index contributed by atoms with van der Waals surface area (Å²) < 4.78 is 11.0. The van der Waals surface area contributed by atoms with Gasteiger partial charge >= 0.3 is 0 Å². The molecule has 0 aliphatic rings. The Labute approximate surface area is 69.6 Å². The van der Waals surface area contributed by atoms with Crippen LogP contribution in [0, 0.1) is 0 Å². The molecule has 0 saturated carbocycles. The molecule has 0 aliphatic carbocycles. The van der Waals surface area contributed by atoms with Crippen molar-refractivity contribution >= 4 is 11.2 Å². The largest absolute Gasteiger partial charge is 0.612 e. The second kappa shape index (κ2) is 3.76. The van der Waals surface area contributed by atoms with Gasteiger partial charge in [-0.15, -0.1) is 0 Å². The highest BCUT2D eigenvalue weighted by atomic mass is 32.2. The summed E-state index contributed by atoms with van der Waals surface area (Å²) in [5, 5.41) is 0. The normalized spacial score (nSPS) is 13.0. The summed E-state index contributed by atoms with van der Waals surface area (Å²) in [5.74, 6) is 0. The maximum absolute atomic E-state index is 11.0. The van der Waals surface area contributed by atoms with E-state index >= 15 is 0 Å². The van der Waals surface area contributed by atoms with Gasteiger partial charge in [0, 0.05) is 6.54 Å². The van der Waals surface area contributed by atoms with E-state index < -0.39 is 11.2 Å². The molecule has 1 aromatic carbocycles. The Balaban J connectivity index is 2.91. The minimum Gasteiger partial charge on any atom is -0.612 e. The zero-order valence-corrected chi connectivity index (χ0v) is 7.23.